The lowest BCUT2D eigenvalue weighted by Gasteiger charge is -2.56. The van der Waals surface area contributed by atoms with Crippen LogP contribution in [-0.2, 0) is 9.53 Å². The number of pyridine rings is 1. The Kier molecular flexibility index (Phi) is 6.43. The van der Waals surface area contributed by atoms with Crippen LogP contribution in [0, 0.1) is 29.1 Å². The van der Waals surface area contributed by atoms with Crippen LogP contribution < -0.4 is 5.32 Å². The number of amides is 1. The third-order valence-corrected chi connectivity index (χ3v) is 8.49. The molecule has 0 spiro atoms. The molecule has 0 saturated heterocycles. The van der Waals surface area contributed by atoms with Crippen molar-refractivity contribution in [3.63, 3.8) is 0 Å². The molecular weight excluding hydrogens is 426 g/mol. The van der Waals surface area contributed by atoms with Gasteiger partial charge in [-0.05, 0) is 99.5 Å². The van der Waals surface area contributed by atoms with Crippen LogP contribution in [-0.4, -0.2) is 34.4 Å². The number of carbonyl (C=O) groups is 2. The number of nitrogens with one attached hydrogen (secondary N) is 1. The van der Waals surface area contributed by atoms with Gasteiger partial charge in [-0.3, -0.25) is 14.0 Å². The number of nitrogens with zero attached hydrogens (tertiary/aromatic N) is 2. The molecule has 4 aliphatic carbocycles. The number of hydrogen-bond donors (Lipinski definition) is 1. The molecule has 2 heterocycles. The van der Waals surface area contributed by atoms with Crippen LogP contribution in [0.3, 0.4) is 0 Å². The highest BCUT2D eigenvalue weighted by molar-refractivity contribution is 5.93. The highest BCUT2D eigenvalue weighted by Gasteiger charge is 2.50. The van der Waals surface area contributed by atoms with Gasteiger partial charge < -0.3 is 10.1 Å². The fourth-order valence-corrected chi connectivity index (χ4v) is 7.38. The van der Waals surface area contributed by atoms with Crippen molar-refractivity contribution in [1.29, 1.82) is 0 Å². The van der Waals surface area contributed by atoms with Gasteiger partial charge in [0.15, 0.2) is 0 Å². The van der Waals surface area contributed by atoms with Gasteiger partial charge in [0.05, 0.1) is 12.3 Å². The molecule has 184 valence electrons. The predicted octanol–water partition coefficient (Wildman–Crippen LogP) is 5.36. The van der Waals surface area contributed by atoms with Crippen LogP contribution in [0.4, 0.5) is 0 Å². The zero-order valence-corrected chi connectivity index (χ0v) is 20.9. The van der Waals surface area contributed by atoms with Crippen molar-refractivity contribution in [1.82, 2.24) is 14.7 Å². The average Bonchev–Trinajstić information content (AvgIpc) is 3.20. The first-order chi connectivity index (χ1) is 16.4. The van der Waals surface area contributed by atoms with Crippen LogP contribution in [0.25, 0.3) is 5.65 Å². The van der Waals surface area contributed by atoms with Crippen LogP contribution >= 0.6 is 0 Å². The van der Waals surface area contributed by atoms with Crippen molar-refractivity contribution >= 4 is 17.5 Å². The van der Waals surface area contributed by atoms with E-state index in [1.807, 2.05) is 35.7 Å². The lowest BCUT2D eigenvalue weighted by Crippen LogP contribution is -2.51. The molecule has 4 bridgehead atoms. The Morgan fingerprint density at radius 2 is 1.79 bits per heavy atom. The van der Waals surface area contributed by atoms with Crippen molar-refractivity contribution in [3.05, 3.63) is 35.8 Å². The number of ether oxygens (including phenoxy) is 1. The van der Waals surface area contributed by atoms with Gasteiger partial charge in [-0.25, -0.2) is 4.98 Å². The number of esters is 1. The molecule has 0 radical (unpaired) electrons. The summed E-state index contributed by atoms with van der Waals surface area (Å²) in [6.45, 7) is 7.25. The van der Waals surface area contributed by atoms with Gasteiger partial charge in [-0.2, -0.15) is 0 Å². The van der Waals surface area contributed by atoms with Gasteiger partial charge in [-0.1, -0.05) is 19.9 Å². The summed E-state index contributed by atoms with van der Waals surface area (Å²) in [7, 11) is 0. The number of imidazole rings is 1. The molecule has 0 aromatic carbocycles. The Bertz CT molecular complexity index is 1020. The first-order valence-electron chi connectivity index (χ1n) is 13.3. The standard InChI is InChI=1S/C28H39N3O3/c1-4-34-27(33)22(9-8-18(2)3)23-16-31-24(6-5-7-25(31)30-23)26(32)29-17-28-13-19-10-20(14-28)12-21(11-19)15-28/h5-7,16,18-22H,4,8-15,17H2,1-3H3,(H,29,32). The molecule has 2 aromatic rings. The van der Waals surface area contributed by atoms with Gasteiger partial charge in [-0.15, -0.1) is 0 Å². The minimum Gasteiger partial charge on any atom is -0.465 e. The normalized spacial score (nSPS) is 28.4. The van der Waals surface area contributed by atoms with Crippen molar-refractivity contribution in [2.75, 3.05) is 13.2 Å². The number of rotatable bonds is 9. The molecule has 4 aliphatic rings. The molecular formula is C28H39N3O3. The van der Waals surface area contributed by atoms with Crippen LogP contribution in [0.2, 0.25) is 0 Å². The quantitative estimate of drug-likeness (QED) is 0.506. The van der Waals surface area contributed by atoms with E-state index in [2.05, 4.69) is 19.2 Å². The molecule has 1 N–H and O–H groups in total. The zero-order valence-electron chi connectivity index (χ0n) is 20.9. The first-order valence-corrected chi connectivity index (χ1v) is 13.3. The maximum Gasteiger partial charge on any atom is 0.315 e. The van der Waals surface area contributed by atoms with E-state index in [0.717, 1.165) is 30.7 Å². The number of aromatic nitrogens is 2. The third kappa shape index (κ3) is 4.60. The molecule has 6 nitrogen and oxygen atoms in total. The molecule has 34 heavy (non-hydrogen) atoms. The Morgan fingerprint density at radius 3 is 2.41 bits per heavy atom. The monoisotopic (exact) mass is 465 g/mol. The fourth-order valence-electron chi connectivity index (χ4n) is 7.38. The van der Waals surface area contributed by atoms with Crippen molar-refractivity contribution in [3.8, 4) is 0 Å². The SMILES string of the molecule is CCOC(=O)C(CCC(C)C)c1cn2c(C(=O)NCC34CC5CC(CC(C5)C3)C4)cccc2n1. The smallest absolute Gasteiger partial charge is 0.315 e. The van der Waals surface area contributed by atoms with Crippen molar-refractivity contribution < 1.29 is 14.3 Å². The third-order valence-electron chi connectivity index (χ3n) is 8.49. The molecule has 0 aliphatic heterocycles. The predicted molar refractivity (Wildman–Crippen MR) is 132 cm³/mol. The molecule has 6 rings (SSSR count). The number of carbonyl (C=O) groups excluding carboxylic acids is 2. The second kappa shape index (κ2) is 9.35. The fraction of sp³-hybridized carbons (Fsp3) is 0.679. The van der Waals surface area contributed by atoms with Gasteiger partial charge in [0.1, 0.15) is 17.3 Å². The van der Waals surface area contributed by atoms with E-state index < -0.39 is 5.92 Å². The van der Waals surface area contributed by atoms with E-state index in [-0.39, 0.29) is 11.9 Å². The van der Waals surface area contributed by atoms with Gasteiger partial charge in [0.2, 0.25) is 0 Å². The number of fused-ring (bicyclic) bond motifs is 1. The summed E-state index contributed by atoms with van der Waals surface area (Å²) in [6, 6.07) is 5.62. The molecule has 4 fully saturated rings. The lowest BCUT2D eigenvalue weighted by molar-refractivity contribution is -0.145. The summed E-state index contributed by atoms with van der Waals surface area (Å²) in [6.07, 6.45) is 11.5. The van der Waals surface area contributed by atoms with E-state index in [1.165, 1.54) is 38.5 Å². The number of hydrogen-bond acceptors (Lipinski definition) is 4. The van der Waals surface area contributed by atoms with Crippen molar-refractivity contribution in [2.24, 2.45) is 29.1 Å². The van der Waals surface area contributed by atoms with Gasteiger partial charge >= 0.3 is 5.97 Å². The Labute approximate surface area is 202 Å². The Hall–Kier alpha value is -2.37. The average molecular weight is 466 g/mol. The van der Waals surface area contributed by atoms with E-state index in [0.29, 0.717) is 41.4 Å². The molecule has 1 unspecified atom stereocenters. The molecule has 1 atom stereocenters. The molecule has 6 heteroatoms. The summed E-state index contributed by atoms with van der Waals surface area (Å²) >= 11 is 0. The van der Waals surface area contributed by atoms with Gasteiger partial charge in [0.25, 0.3) is 5.91 Å². The van der Waals surface area contributed by atoms with Crippen LogP contribution in [0.5, 0.6) is 0 Å². The Balaban J connectivity index is 1.34. The van der Waals surface area contributed by atoms with E-state index in [4.69, 9.17) is 9.72 Å². The summed E-state index contributed by atoms with van der Waals surface area (Å²) in [4.78, 5) is 30.8. The van der Waals surface area contributed by atoms with E-state index in [1.54, 1.807) is 0 Å². The van der Waals surface area contributed by atoms with Crippen LogP contribution in [0.15, 0.2) is 24.4 Å². The Morgan fingerprint density at radius 1 is 1.12 bits per heavy atom. The summed E-state index contributed by atoms with van der Waals surface area (Å²) in [5.74, 6) is 2.39. The summed E-state index contributed by atoms with van der Waals surface area (Å²) in [5.41, 5.74) is 2.24. The second-order valence-electron chi connectivity index (χ2n) is 11.7. The van der Waals surface area contributed by atoms with Gasteiger partial charge in [0, 0.05) is 12.7 Å². The topological polar surface area (TPSA) is 72.7 Å². The van der Waals surface area contributed by atoms with E-state index in [9.17, 15) is 9.59 Å². The second-order valence-corrected chi connectivity index (χ2v) is 11.7. The van der Waals surface area contributed by atoms with E-state index >= 15 is 0 Å². The molecule has 1 amide bonds. The van der Waals surface area contributed by atoms with Crippen LogP contribution in [0.1, 0.15) is 94.2 Å². The van der Waals surface area contributed by atoms with Crippen molar-refractivity contribution in [2.45, 2.75) is 78.1 Å². The highest BCUT2D eigenvalue weighted by Crippen LogP contribution is 2.59. The maximum absolute atomic E-state index is 13.3. The maximum atomic E-state index is 13.3. The largest absolute Gasteiger partial charge is 0.465 e. The minimum atomic E-state index is -0.412. The lowest BCUT2D eigenvalue weighted by atomic mass is 9.49. The minimum absolute atomic E-state index is 0.0554. The summed E-state index contributed by atoms with van der Waals surface area (Å²) in [5, 5.41) is 3.29. The summed E-state index contributed by atoms with van der Waals surface area (Å²) < 4.78 is 7.19. The molecule has 4 saturated carbocycles. The molecule has 2 aromatic heterocycles. The first kappa shape index (κ1) is 23.4. The highest BCUT2D eigenvalue weighted by atomic mass is 16.5. The zero-order chi connectivity index (χ0) is 23.9.